The van der Waals surface area contributed by atoms with Gasteiger partial charge in [0.05, 0.1) is 5.56 Å². The lowest BCUT2D eigenvalue weighted by atomic mass is 9.88. The number of rotatable bonds is 3. The van der Waals surface area contributed by atoms with E-state index in [0.29, 0.717) is 5.56 Å². The Morgan fingerprint density at radius 1 is 1.12 bits per heavy atom. The number of benzene rings is 2. The zero-order valence-corrected chi connectivity index (χ0v) is 17.6. The summed E-state index contributed by atoms with van der Waals surface area (Å²) in [5.41, 5.74) is 5.63. The van der Waals surface area contributed by atoms with E-state index in [2.05, 4.69) is 26.3 Å². The number of carbonyl (C=O) groups is 1. The summed E-state index contributed by atoms with van der Waals surface area (Å²) in [7, 11) is 0. The fourth-order valence-electron chi connectivity index (χ4n) is 4.17. The number of anilines is 1. The number of carbonyl (C=O) groups excluding carboxylic acids is 1. The first-order valence-corrected chi connectivity index (χ1v) is 10.4. The lowest BCUT2D eigenvalue weighted by Crippen LogP contribution is -2.14. The summed E-state index contributed by atoms with van der Waals surface area (Å²) in [6.45, 7) is 1.97. The van der Waals surface area contributed by atoms with Gasteiger partial charge in [0, 0.05) is 34.1 Å². The number of halogens is 3. The van der Waals surface area contributed by atoms with E-state index < -0.39 is 17.6 Å². The molecule has 0 fully saturated rings. The van der Waals surface area contributed by atoms with Crippen molar-refractivity contribution >= 4 is 34.3 Å². The van der Waals surface area contributed by atoms with Crippen LogP contribution in [0.3, 0.4) is 0 Å². The quantitative estimate of drug-likeness (QED) is 0.402. The first-order valence-electron chi connectivity index (χ1n) is 10.4. The van der Waals surface area contributed by atoms with Crippen LogP contribution in [-0.4, -0.2) is 20.9 Å². The van der Waals surface area contributed by atoms with Gasteiger partial charge in [-0.3, -0.25) is 4.79 Å². The molecule has 4 aromatic rings. The normalized spacial score (nSPS) is 13.5. The van der Waals surface area contributed by atoms with Crippen LogP contribution in [0, 0.1) is 6.92 Å². The second-order valence-corrected chi connectivity index (χ2v) is 8.03. The molecule has 1 aliphatic carbocycles. The topological polar surface area (TPSA) is 70.7 Å². The van der Waals surface area contributed by atoms with Crippen molar-refractivity contribution in [3.8, 4) is 0 Å². The number of aromatic amines is 1. The number of hydrogen-bond donors (Lipinski definition) is 2. The minimum Gasteiger partial charge on any atom is -0.343 e. The van der Waals surface area contributed by atoms with Gasteiger partial charge in [-0.2, -0.15) is 13.2 Å². The largest absolute Gasteiger partial charge is 0.416 e. The maximum absolute atomic E-state index is 13.0. The molecule has 0 spiro atoms. The van der Waals surface area contributed by atoms with Crippen LogP contribution >= 0.6 is 0 Å². The maximum atomic E-state index is 13.0. The molecule has 0 radical (unpaired) electrons. The summed E-state index contributed by atoms with van der Waals surface area (Å²) in [6.07, 6.45) is 2.49. The SMILES string of the molecule is Cc1ccc(C(=O)Nc2cccc(C(F)(F)F)c2)cc1C1=Cc2c([nH]c3ncncc23)CC1. The number of H-pyrrole nitrogens is 1. The average Bonchev–Trinajstić information content (AvgIpc) is 3.17. The molecule has 0 atom stereocenters. The molecule has 2 aromatic carbocycles. The van der Waals surface area contributed by atoms with E-state index in [9.17, 15) is 18.0 Å². The molecule has 0 aliphatic heterocycles. The number of alkyl halides is 3. The third-order valence-corrected chi connectivity index (χ3v) is 5.85. The molecule has 2 heterocycles. The highest BCUT2D eigenvalue weighted by Gasteiger charge is 2.30. The van der Waals surface area contributed by atoms with Crippen molar-refractivity contribution < 1.29 is 18.0 Å². The van der Waals surface area contributed by atoms with Gasteiger partial charge in [0.2, 0.25) is 0 Å². The van der Waals surface area contributed by atoms with Gasteiger partial charge in [-0.05, 0) is 72.9 Å². The van der Waals surface area contributed by atoms with Crippen LogP contribution in [-0.2, 0) is 12.6 Å². The summed E-state index contributed by atoms with van der Waals surface area (Å²) in [6, 6.07) is 9.93. The Bertz CT molecular complexity index is 1420. The van der Waals surface area contributed by atoms with Crippen molar-refractivity contribution in [1.82, 2.24) is 15.0 Å². The van der Waals surface area contributed by atoms with Crippen LogP contribution in [0.15, 0.2) is 55.0 Å². The van der Waals surface area contributed by atoms with Gasteiger partial charge >= 0.3 is 6.18 Å². The molecule has 2 N–H and O–H groups in total. The molecular weight excluding hydrogens is 429 g/mol. The van der Waals surface area contributed by atoms with Gasteiger partial charge in [0.25, 0.3) is 5.91 Å². The van der Waals surface area contributed by atoms with Crippen LogP contribution in [0.5, 0.6) is 0 Å². The van der Waals surface area contributed by atoms with E-state index in [1.54, 1.807) is 18.3 Å². The highest BCUT2D eigenvalue weighted by atomic mass is 19.4. The molecule has 8 heteroatoms. The van der Waals surface area contributed by atoms with E-state index in [4.69, 9.17) is 0 Å². The van der Waals surface area contributed by atoms with E-state index in [0.717, 1.165) is 64.0 Å². The highest BCUT2D eigenvalue weighted by molar-refractivity contribution is 6.05. The minimum absolute atomic E-state index is 0.0947. The minimum atomic E-state index is -4.47. The summed E-state index contributed by atoms with van der Waals surface area (Å²) in [5.74, 6) is -0.465. The van der Waals surface area contributed by atoms with Gasteiger partial charge in [0.15, 0.2) is 0 Å². The van der Waals surface area contributed by atoms with Gasteiger partial charge in [0.1, 0.15) is 12.0 Å². The molecule has 0 saturated heterocycles. The lowest BCUT2D eigenvalue weighted by Gasteiger charge is -2.17. The zero-order chi connectivity index (χ0) is 23.2. The predicted molar refractivity (Wildman–Crippen MR) is 121 cm³/mol. The number of aryl methyl sites for hydroxylation is 2. The third kappa shape index (κ3) is 4.00. The summed E-state index contributed by atoms with van der Waals surface area (Å²) < 4.78 is 38.9. The Labute approximate surface area is 187 Å². The number of nitrogens with zero attached hydrogens (tertiary/aromatic N) is 2. The van der Waals surface area contributed by atoms with Gasteiger partial charge in [-0.25, -0.2) is 9.97 Å². The van der Waals surface area contributed by atoms with Crippen molar-refractivity contribution in [3.63, 3.8) is 0 Å². The Morgan fingerprint density at radius 3 is 2.79 bits per heavy atom. The van der Waals surface area contributed by atoms with Crippen LogP contribution in [0.1, 0.15) is 44.7 Å². The molecule has 2 aromatic heterocycles. The first-order chi connectivity index (χ1) is 15.8. The Hall–Kier alpha value is -3.94. The fourth-order valence-corrected chi connectivity index (χ4v) is 4.17. The van der Waals surface area contributed by atoms with E-state index in [1.165, 1.54) is 18.5 Å². The molecule has 5 rings (SSSR count). The Morgan fingerprint density at radius 2 is 1.97 bits per heavy atom. The van der Waals surface area contributed by atoms with Gasteiger partial charge < -0.3 is 10.3 Å². The van der Waals surface area contributed by atoms with E-state index in [1.807, 2.05) is 13.0 Å². The number of amides is 1. The van der Waals surface area contributed by atoms with Crippen LogP contribution in [0.4, 0.5) is 18.9 Å². The van der Waals surface area contributed by atoms with Crippen molar-refractivity contribution in [2.45, 2.75) is 25.9 Å². The van der Waals surface area contributed by atoms with Crippen molar-refractivity contribution in [1.29, 1.82) is 0 Å². The average molecular weight is 448 g/mol. The molecule has 166 valence electrons. The summed E-state index contributed by atoms with van der Waals surface area (Å²) >= 11 is 0. The van der Waals surface area contributed by atoms with Gasteiger partial charge in [-0.1, -0.05) is 12.1 Å². The molecule has 1 amide bonds. The Balaban J connectivity index is 1.46. The lowest BCUT2D eigenvalue weighted by molar-refractivity contribution is -0.137. The highest BCUT2D eigenvalue weighted by Crippen LogP contribution is 2.35. The van der Waals surface area contributed by atoms with Crippen LogP contribution in [0.25, 0.3) is 22.7 Å². The van der Waals surface area contributed by atoms with Crippen LogP contribution < -0.4 is 5.32 Å². The standard InChI is InChI=1S/C25H19F3N4O/c1-14-5-6-16(24(33)31-18-4-2-3-17(11-18)25(26,27)28)10-19(14)15-7-8-22-20(9-15)21-12-29-13-30-23(21)32-22/h2-6,9-13H,7-8H2,1H3,(H,31,33)(H,29,30,32). The summed E-state index contributed by atoms with van der Waals surface area (Å²) in [5, 5.41) is 3.52. The molecule has 5 nitrogen and oxygen atoms in total. The van der Waals surface area contributed by atoms with Gasteiger partial charge in [-0.15, -0.1) is 0 Å². The fraction of sp³-hybridized carbons (Fsp3) is 0.160. The first kappa shape index (κ1) is 20.9. The van der Waals surface area contributed by atoms with Crippen LogP contribution in [0.2, 0.25) is 0 Å². The third-order valence-electron chi connectivity index (χ3n) is 5.85. The van der Waals surface area contributed by atoms with Crippen molar-refractivity contribution in [3.05, 3.63) is 88.5 Å². The van der Waals surface area contributed by atoms with E-state index in [-0.39, 0.29) is 5.69 Å². The molecular formula is C25H19F3N4O. The number of nitrogens with one attached hydrogen (secondary N) is 2. The van der Waals surface area contributed by atoms with E-state index >= 15 is 0 Å². The second-order valence-electron chi connectivity index (χ2n) is 8.03. The molecule has 0 unspecified atom stereocenters. The number of aromatic nitrogens is 3. The molecule has 1 aliphatic rings. The van der Waals surface area contributed by atoms with Crippen molar-refractivity contribution in [2.75, 3.05) is 5.32 Å². The molecule has 33 heavy (non-hydrogen) atoms. The Kier molecular flexibility index (Phi) is 5.00. The summed E-state index contributed by atoms with van der Waals surface area (Å²) in [4.78, 5) is 24.6. The molecule has 0 bridgehead atoms. The molecule has 0 saturated carbocycles. The number of hydrogen-bond acceptors (Lipinski definition) is 3. The monoisotopic (exact) mass is 448 g/mol. The number of allylic oxidation sites excluding steroid dienone is 1. The van der Waals surface area contributed by atoms with Crippen molar-refractivity contribution in [2.24, 2.45) is 0 Å². The predicted octanol–water partition coefficient (Wildman–Crippen LogP) is 6.02. The maximum Gasteiger partial charge on any atom is 0.416 e. The number of fused-ring (bicyclic) bond motifs is 3. The second kappa shape index (κ2) is 7.88. The smallest absolute Gasteiger partial charge is 0.343 e. The zero-order valence-electron chi connectivity index (χ0n) is 17.6.